The highest BCUT2D eigenvalue weighted by Crippen LogP contribution is 2.23. The van der Waals surface area contributed by atoms with Crippen LogP contribution in [-0.2, 0) is 26.2 Å². The topological polar surface area (TPSA) is 86.8 Å². The van der Waals surface area contributed by atoms with Crippen LogP contribution in [0.3, 0.4) is 0 Å². The molecule has 0 saturated carbocycles. The normalized spacial score (nSPS) is 12.6. The van der Waals surface area contributed by atoms with Crippen LogP contribution in [0.15, 0.2) is 48.5 Å². The highest BCUT2D eigenvalue weighted by Gasteiger charge is 2.31. The van der Waals surface area contributed by atoms with Gasteiger partial charge in [0.1, 0.15) is 11.9 Å². The van der Waals surface area contributed by atoms with Crippen LogP contribution in [0.4, 0.5) is 10.1 Å². The molecule has 0 aromatic heterocycles. The molecule has 0 aliphatic rings. The van der Waals surface area contributed by atoms with Crippen molar-refractivity contribution in [2.24, 2.45) is 0 Å². The second-order valence-corrected chi connectivity index (χ2v) is 12.0. The Bertz CT molecular complexity index is 1150. The van der Waals surface area contributed by atoms with Crippen molar-refractivity contribution in [3.05, 3.63) is 64.9 Å². The Labute approximate surface area is 218 Å². The molecule has 7 nitrogen and oxygen atoms in total. The summed E-state index contributed by atoms with van der Waals surface area (Å²) in [6, 6.07) is 11.9. The number of hydrogen-bond acceptors (Lipinski definition) is 4. The zero-order chi connectivity index (χ0) is 27.1. The van der Waals surface area contributed by atoms with Gasteiger partial charge in [-0.25, -0.2) is 12.8 Å². The Hall–Kier alpha value is -2.65. The lowest BCUT2D eigenvalue weighted by atomic mass is 10.0. The van der Waals surface area contributed by atoms with Gasteiger partial charge in [-0.05, 0) is 63.4 Å². The molecule has 1 atom stereocenters. The van der Waals surface area contributed by atoms with E-state index in [1.807, 2.05) is 27.7 Å². The number of nitrogens with zero attached hydrogens (tertiary/aromatic N) is 2. The summed E-state index contributed by atoms with van der Waals surface area (Å²) >= 11 is 6.00. The summed E-state index contributed by atoms with van der Waals surface area (Å²) in [5.74, 6) is -1.23. The molecule has 0 aliphatic heterocycles. The summed E-state index contributed by atoms with van der Waals surface area (Å²) in [7, 11) is -3.77. The van der Waals surface area contributed by atoms with Gasteiger partial charge in [-0.3, -0.25) is 13.9 Å². The number of hydrogen-bond donors (Lipinski definition) is 1. The highest BCUT2D eigenvalue weighted by atomic mass is 35.5. The van der Waals surface area contributed by atoms with Gasteiger partial charge in [0.2, 0.25) is 21.8 Å². The van der Waals surface area contributed by atoms with E-state index >= 15 is 0 Å². The van der Waals surface area contributed by atoms with Gasteiger partial charge in [0.05, 0.1) is 11.9 Å². The van der Waals surface area contributed by atoms with E-state index in [9.17, 15) is 22.4 Å². The van der Waals surface area contributed by atoms with Crippen molar-refractivity contribution in [3.8, 4) is 0 Å². The van der Waals surface area contributed by atoms with Crippen molar-refractivity contribution < 1.29 is 22.4 Å². The van der Waals surface area contributed by atoms with E-state index in [1.165, 1.54) is 23.1 Å². The highest BCUT2D eigenvalue weighted by molar-refractivity contribution is 7.92. The Morgan fingerprint density at radius 1 is 1.08 bits per heavy atom. The molecule has 1 unspecified atom stereocenters. The molecule has 36 heavy (non-hydrogen) atoms. The third-order valence-electron chi connectivity index (χ3n) is 5.42. The number of para-hydroxylation sites is 1. The lowest BCUT2D eigenvalue weighted by Crippen LogP contribution is -2.53. The maximum absolute atomic E-state index is 14.3. The van der Waals surface area contributed by atoms with Crippen LogP contribution in [0, 0.1) is 5.82 Å². The van der Waals surface area contributed by atoms with Crippen molar-refractivity contribution in [3.63, 3.8) is 0 Å². The molecule has 0 bridgehead atoms. The second-order valence-electron chi connectivity index (χ2n) is 9.70. The molecule has 0 spiro atoms. The molecular formula is C26H35ClFN3O4S. The molecule has 2 aromatic carbocycles. The molecule has 0 heterocycles. The van der Waals surface area contributed by atoms with Crippen LogP contribution in [0.1, 0.15) is 52.5 Å². The molecule has 0 fully saturated rings. The number of rotatable bonds is 11. The fraction of sp³-hybridized carbons (Fsp3) is 0.462. The van der Waals surface area contributed by atoms with E-state index < -0.39 is 27.4 Å². The first-order valence-corrected chi connectivity index (χ1v) is 14.0. The number of sulfonamides is 1. The number of benzene rings is 2. The molecule has 198 valence electrons. The molecule has 0 aliphatic carbocycles. The molecule has 2 amide bonds. The summed E-state index contributed by atoms with van der Waals surface area (Å²) in [5, 5.41) is 3.50. The fourth-order valence-electron chi connectivity index (χ4n) is 3.80. The zero-order valence-corrected chi connectivity index (χ0v) is 23.0. The SMILES string of the molecule is CCC(C(=O)NC(C)(C)C)N(Cc1ccc(Cl)cc1)C(=O)CCCN(c1ccccc1F)S(C)(=O)=O. The summed E-state index contributed by atoms with van der Waals surface area (Å²) in [6.07, 6.45) is 1.52. The number of amides is 2. The van der Waals surface area contributed by atoms with Crippen LogP contribution in [0.5, 0.6) is 0 Å². The Balaban J connectivity index is 2.24. The van der Waals surface area contributed by atoms with Crippen molar-refractivity contribution in [2.45, 2.75) is 65.1 Å². The standard InChI is InChI=1S/C26H35ClFN3O4S/c1-6-22(25(33)29-26(2,3)4)30(18-19-13-15-20(27)16-14-19)24(32)12-9-17-31(36(5,34)35)23-11-8-7-10-21(23)28/h7-8,10-11,13-16,22H,6,9,12,17-18H2,1-5H3,(H,29,33). The zero-order valence-electron chi connectivity index (χ0n) is 21.4. The maximum Gasteiger partial charge on any atom is 0.243 e. The van der Waals surface area contributed by atoms with Gasteiger partial charge >= 0.3 is 0 Å². The first-order chi connectivity index (χ1) is 16.7. The van der Waals surface area contributed by atoms with E-state index in [0.29, 0.717) is 11.4 Å². The average Bonchev–Trinajstić information content (AvgIpc) is 2.76. The van der Waals surface area contributed by atoms with E-state index in [1.54, 1.807) is 30.3 Å². The van der Waals surface area contributed by atoms with Crippen LogP contribution in [0.2, 0.25) is 5.02 Å². The van der Waals surface area contributed by atoms with E-state index in [4.69, 9.17) is 11.6 Å². The van der Waals surface area contributed by atoms with Crippen molar-refractivity contribution >= 4 is 39.1 Å². The minimum Gasteiger partial charge on any atom is -0.350 e. The number of nitrogens with one attached hydrogen (secondary N) is 1. The summed E-state index contributed by atoms with van der Waals surface area (Å²) in [6.45, 7) is 7.54. The van der Waals surface area contributed by atoms with Gasteiger partial charge in [-0.2, -0.15) is 0 Å². The predicted molar refractivity (Wildman–Crippen MR) is 142 cm³/mol. The average molecular weight is 540 g/mol. The van der Waals surface area contributed by atoms with Gasteiger partial charge in [-0.1, -0.05) is 42.8 Å². The minimum atomic E-state index is -3.77. The number of carbonyl (C=O) groups is 2. The van der Waals surface area contributed by atoms with Gasteiger partial charge in [0.15, 0.2) is 0 Å². The van der Waals surface area contributed by atoms with Crippen molar-refractivity contribution in [1.29, 1.82) is 0 Å². The van der Waals surface area contributed by atoms with Crippen LogP contribution >= 0.6 is 11.6 Å². The Kier molecular flexibility index (Phi) is 10.3. The quantitative estimate of drug-likeness (QED) is 0.446. The first kappa shape index (κ1) is 29.6. The molecule has 2 aromatic rings. The van der Waals surface area contributed by atoms with Crippen molar-refractivity contribution in [1.82, 2.24) is 10.2 Å². The van der Waals surface area contributed by atoms with Crippen LogP contribution in [-0.4, -0.2) is 49.5 Å². The predicted octanol–water partition coefficient (Wildman–Crippen LogP) is 4.75. The van der Waals surface area contributed by atoms with Gasteiger partial charge < -0.3 is 10.2 Å². The van der Waals surface area contributed by atoms with Crippen molar-refractivity contribution in [2.75, 3.05) is 17.1 Å². The minimum absolute atomic E-state index is 0.0205. The fourth-order valence-corrected chi connectivity index (χ4v) is 4.89. The van der Waals surface area contributed by atoms with Gasteiger partial charge in [-0.15, -0.1) is 0 Å². The maximum atomic E-state index is 14.3. The van der Waals surface area contributed by atoms with Gasteiger partial charge in [0.25, 0.3) is 0 Å². The second kappa shape index (κ2) is 12.5. The van der Waals surface area contributed by atoms with E-state index in [0.717, 1.165) is 16.1 Å². The lowest BCUT2D eigenvalue weighted by molar-refractivity contribution is -0.142. The number of carbonyl (C=O) groups excluding carboxylic acids is 2. The van der Waals surface area contributed by atoms with Crippen LogP contribution in [0.25, 0.3) is 0 Å². The lowest BCUT2D eigenvalue weighted by Gasteiger charge is -2.33. The van der Waals surface area contributed by atoms with Gasteiger partial charge in [0, 0.05) is 30.1 Å². The molecule has 0 saturated heterocycles. The molecule has 2 rings (SSSR count). The number of anilines is 1. The molecular weight excluding hydrogens is 505 g/mol. The number of halogens is 2. The molecule has 0 radical (unpaired) electrons. The summed E-state index contributed by atoms with van der Waals surface area (Å²) < 4.78 is 39.9. The molecule has 10 heteroatoms. The summed E-state index contributed by atoms with van der Waals surface area (Å²) in [4.78, 5) is 28.0. The Morgan fingerprint density at radius 3 is 2.22 bits per heavy atom. The smallest absolute Gasteiger partial charge is 0.243 e. The third kappa shape index (κ3) is 8.78. The van der Waals surface area contributed by atoms with E-state index in [-0.39, 0.29) is 43.4 Å². The largest absolute Gasteiger partial charge is 0.350 e. The van der Waals surface area contributed by atoms with Crippen LogP contribution < -0.4 is 9.62 Å². The first-order valence-electron chi connectivity index (χ1n) is 11.8. The third-order valence-corrected chi connectivity index (χ3v) is 6.86. The monoisotopic (exact) mass is 539 g/mol. The Morgan fingerprint density at radius 2 is 1.69 bits per heavy atom. The van der Waals surface area contributed by atoms with E-state index in [2.05, 4.69) is 5.32 Å². The molecule has 1 N–H and O–H groups in total. The summed E-state index contributed by atoms with van der Waals surface area (Å²) in [5.41, 5.74) is 0.259.